The Balaban J connectivity index is 1.51. The maximum Gasteiger partial charge on any atom is 0.329 e. The van der Waals surface area contributed by atoms with Crippen LogP contribution in [0.5, 0.6) is 23.0 Å². The number of hydrazone groups is 1. The van der Waals surface area contributed by atoms with E-state index in [1.54, 1.807) is 25.3 Å². The lowest BCUT2D eigenvalue weighted by Gasteiger charge is -2.14. The quantitative estimate of drug-likeness (QED) is 0.164. The Morgan fingerprint density at radius 1 is 0.881 bits per heavy atom. The van der Waals surface area contributed by atoms with Gasteiger partial charge in [0.05, 0.1) is 32.6 Å². The average Bonchev–Trinajstić information content (AvgIpc) is 2.97. The number of benzene rings is 3. The molecule has 3 rings (SSSR count). The second kappa shape index (κ2) is 15.3. The van der Waals surface area contributed by atoms with Gasteiger partial charge in [-0.1, -0.05) is 35.4 Å². The number of aryl methyl sites for hydroxylation is 2. The summed E-state index contributed by atoms with van der Waals surface area (Å²) in [6.45, 7) is 3.80. The van der Waals surface area contributed by atoms with Crippen LogP contribution in [0.25, 0.3) is 0 Å². The van der Waals surface area contributed by atoms with Crippen LogP contribution in [-0.2, 0) is 20.8 Å². The van der Waals surface area contributed by atoms with Gasteiger partial charge < -0.3 is 29.6 Å². The number of halogens is 1. The molecule has 0 aliphatic heterocycles. The van der Waals surface area contributed by atoms with Crippen molar-refractivity contribution in [2.75, 3.05) is 39.8 Å². The van der Waals surface area contributed by atoms with Gasteiger partial charge in [-0.25, -0.2) is 5.43 Å². The maximum absolute atomic E-state index is 12.4. The third-order valence-electron chi connectivity index (χ3n) is 5.99. The Hall–Kier alpha value is -4.77. The molecule has 0 bridgehead atoms. The van der Waals surface area contributed by atoms with Crippen molar-refractivity contribution >= 4 is 41.2 Å². The first-order chi connectivity index (χ1) is 20.1. The normalized spacial score (nSPS) is 10.6. The average molecular weight is 597 g/mol. The van der Waals surface area contributed by atoms with Crippen molar-refractivity contribution < 1.29 is 33.3 Å². The number of nitrogens with zero attached hydrogens (tertiary/aromatic N) is 1. The van der Waals surface area contributed by atoms with Crippen molar-refractivity contribution in [3.8, 4) is 23.0 Å². The van der Waals surface area contributed by atoms with E-state index in [1.165, 1.54) is 26.5 Å². The summed E-state index contributed by atoms with van der Waals surface area (Å²) in [6, 6.07) is 14.2. The molecule has 0 unspecified atom stereocenters. The number of ether oxygens (including phenoxy) is 4. The molecule has 3 aromatic rings. The lowest BCUT2D eigenvalue weighted by Crippen LogP contribution is -2.38. The zero-order chi connectivity index (χ0) is 30.6. The van der Waals surface area contributed by atoms with Gasteiger partial charge in [0.2, 0.25) is 0 Å². The van der Waals surface area contributed by atoms with Crippen LogP contribution in [0.3, 0.4) is 0 Å². The van der Waals surface area contributed by atoms with E-state index in [1.807, 2.05) is 38.1 Å². The molecule has 0 aliphatic carbocycles. The third kappa shape index (κ3) is 8.87. The van der Waals surface area contributed by atoms with Gasteiger partial charge in [-0.2, -0.15) is 5.10 Å². The first-order valence-corrected chi connectivity index (χ1v) is 13.2. The number of anilines is 1. The number of amides is 3. The fraction of sp³-hybridized carbons (Fsp3) is 0.267. The lowest BCUT2D eigenvalue weighted by molar-refractivity contribution is -0.139. The summed E-state index contributed by atoms with van der Waals surface area (Å²) in [4.78, 5) is 36.7. The number of carbonyl (C=O) groups excluding carboxylic acids is 3. The summed E-state index contributed by atoms with van der Waals surface area (Å²) in [7, 11) is 4.50. The summed E-state index contributed by atoms with van der Waals surface area (Å²) in [5.74, 6) is -0.552. The molecule has 0 fully saturated rings. The fourth-order valence-corrected chi connectivity index (χ4v) is 4.16. The van der Waals surface area contributed by atoms with Crippen molar-refractivity contribution in [3.63, 3.8) is 0 Å². The van der Waals surface area contributed by atoms with Crippen LogP contribution < -0.4 is 35.0 Å². The number of rotatable bonds is 12. The largest absolute Gasteiger partial charge is 0.493 e. The summed E-state index contributed by atoms with van der Waals surface area (Å²) in [6.07, 6.45) is 1.77. The van der Waals surface area contributed by atoms with Gasteiger partial charge in [0.25, 0.3) is 5.91 Å². The van der Waals surface area contributed by atoms with Crippen molar-refractivity contribution in [3.05, 3.63) is 75.8 Å². The lowest BCUT2D eigenvalue weighted by atomic mass is 10.1. The predicted octanol–water partition coefficient (Wildman–Crippen LogP) is 3.81. The maximum atomic E-state index is 12.4. The molecule has 0 aromatic heterocycles. The summed E-state index contributed by atoms with van der Waals surface area (Å²) >= 11 is 6.37. The van der Waals surface area contributed by atoms with E-state index in [0.717, 1.165) is 16.7 Å². The zero-order valence-corrected chi connectivity index (χ0v) is 24.8. The van der Waals surface area contributed by atoms with E-state index in [9.17, 15) is 14.4 Å². The van der Waals surface area contributed by atoms with E-state index in [0.29, 0.717) is 29.2 Å². The molecular formula is C30H33ClN4O7. The molecule has 3 amide bonds. The van der Waals surface area contributed by atoms with E-state index in [4.69, 9.17) is 30.5 Å². The Morgan fingerprint density at radius 3 is 2.31 bits per heavy atom. The molecule has 0 saturated heterocycles. The number of methoxy groups -OCH3 is 3. The SMILES string of the molecule is COc1ccc(CCNC(=O)C(=O)N/N=C\c2cc(Cl)c(OCC(=O)Nc3ccc(C)cc3C)c(OC)c2)cc1OC. The first kappa shape index (κ1) is 31.8. The number of hydrogen-bond donors (Lipinski definition) is 3. The predicted molar refractivity (Wildman–Crippen MR) is 160 cm³/mol. The van der Waals surface area contributed by atoms with E-state index in [2.05, 4.69) is 21.2 Å². The minimum absolute atomic E-state index is 0.161. The standard InChI is InChI=1S/C30H33ClN4O7/c1-18-6-8-23(19(2)12-18)34-27(36)17-42-28-22(31)13-21(15-26(28)41-5)16-33-35-30(38)29(37)32-11-10-20-7-9-24(39-3)25(14-20)40-4/h6-9,12-16H,10-11,17H2,1-5H3,(H,32,37)(H,34,36)(H,35,38)/b33-16-. The van der Waals surface area contributed by atoms with Crippen molar-refractivity contribution in [1.29, 1.82) is 0 Å². The van der Waals surface area contributed by atoms with Crippen LogP contribution in [-0.4, -0.2) is 58.4 Å². The van der Waals surface area contributed by atoms with Crippen LogP contribution >= 0.6 is 11.6 Å². The highest BCUT2D eigenvalue weighted by Gasteiger charge is 2.15. The summed E-state index contributed by atoms with van der Waals surface area (Å²) in [5, 5.41) is 9.32. The monoisotopic (exact) mass is 596 g/mol. The molecule has 11 nitrogen and oxygen atoms in total. The molecule has 0 saturated carbocycles. The van der Waals surface area contributed by atoms with Gasteiger partial charge in [-0.15, -0.1) is 0 Å². The molecule has 42 heavy (non-hydrogen) atoms. The third-order valence-corrected chi connectivity index (χ3v) is 6.27. The topological polar surface area (TPSA) is 137 Å². The number of carbonyl (C=O) groups is 3. The van der Waals surface area contributed by atoms with E-state index >= 15 is 0 Å². The van der Waals surface area contributed by atoms with Crippen LogP contribution in [0.15, 0.2) is 53.6 Å². The Labute approximate surface area is 249 Å². The molecule has 222 valence electrons. The fourth-order valence-electron chi connectivity index (χ4n) is 3.89. The van der Waals surface area contributed by atoms with Gasteiger partial charge >= 0.3 is 11.8 Å². The van der Waals surface area contributed by atoms with Gasteiger partial charge in [0.15, 0.2) is 29.6 Å². The first-order valence-electron chi connectivity index (χ1n) is 12.8. The van der Waals surface area contributed by atoms with Gasteiger partial charge in [-0.05, 0) is 67.3 Å². The van der Waals surface area contributed by atoms with Gasteiger partial charge in [0.1, 0.15) is 0 Å². The highest BCUT2D eigenvalue weighted by molar-refractivity contribution is 6.35. The Morgan fingerprint density at radius 2 is 1.62 bits per heavy atom. The van der Waals surface area contributed by atoms with Gasteiger partial charge in [0, 0.05) is 12.2 Å². The minimum Gasteiger partial charge on any atom is -0.493 e. The van der Waals surface area contributed by atoms with Crippen LogP contribution in [0.4, 0.5) is 5.69 Å². The van der Waals surface area contributed by atoms with Gasteiger partial charge in [-0.3, -0.25) is 14.4 Å². The molecule has 0 spiro atoms. The molecule has 0 atom stereocenters. The molecular weight excluding hydrogens is 564 g/mol. The smallest absolute Gasteiger partial charge is 0.329 e. The highest BCUT2D eigenvalue weighted by atomic mass is 35.5. The minimum atomic E-state index is -0.939. The van der Waals surface area contributed by atoms with Crippen molar-refractivity contribution in [2.45, 2.75) is 20.3 Å². The molecule has 3 aromatic carbocycles. The molecule has 12 heteroatoms. The summed E-state index contributed by atoms with van der Waals surface area (Å²) in [5.41, 5.74) is 6.23. The van der Waals surface area contributed by atoms with E-state index < -0.39 is 11.8 Å². The highest BCUT2D eigenvalue weighted by Crippen LogP contribution is 2.36. The molecule has 3 N–H and O–H groups in total. The van der Waals surface area contributed by atoms with E-state index in [-0.39, 0.29) is 35.6 Å². The van der Waals surface area contributed by atoms with Crippen molar-refractivity contribution in [1.82, 2.24) is 10.7 Å². The Kier molecular flexibility index (Phi) is 11.6. The van der Waals surface area contributed by atoms with Crippen LogP contribution in [0.2, 0.25) is 5.02 Å². The van der Waals surface area contributed by atoms with Crippen LogP contribution in [0, 0.1) is 13.8 Å². The van der Waals surface area contributed by atoms with Crippen molar-refractivity contribution in [2.24, 2.45) is 5.10 Å². The molecule has 0 radical (unpaired) electrons. The zero-order valence-electron chi connectivity index (χ0n) is 24.0. The second-order valence-corrected chi connectivity index (χ2v) is 9.49. The molecule has 0 aliphatic rings. The Bertz CT molecular complexity index is 1480. The molecule has 0 heterocycles. The van der Waals surface area contributed by atoms with Crippen LogP contribution in [0.1, 0.15) is 22.3 Å². The number of nitrogens with one attached hydrogen (secondary N) is 3. The summed E-state index contributed by atoms with van der Waals surface area (Å²) < 4.78 is 21.5. The second-order valence-electron chi connectivity index (χ2n) is 9.08. The number of hydrogen-bond acceptors (Lipinski definition) is 8.